The molecule has 3 heteroatoms. The first-order valence-corrected chi connectivity index (χ1v) is 12.5. The molecule has 0 unspecified atom stereocenters. The number of carbonyl (C=O) groups is 1. The zero-order chi connectivity index (χ0) is 24.4. The van der Waals surface area contributed by atoms with E-state index in [0.717, 1.165) is 61.0 Å². The van der Waals surface area contributed by atoms with E-state index in [4.69, 9.17) is 0 Å². The Morgan fingerprint density at radius 1 is 0.939 bits per heavy atom. The Morgan fingerprint density at radius 3 is 2.18 bits per heavy atom. The zero-order valence-corrected chi connectivity index (χ0v) is 21.3. The fourth-order valence-electron chi connectivity index (χ4n) is 4.31. The number of hydrogen-bond acceptors (Lipinski definition) is 1. The van der Waals surface area contributed by atoms with E-state index in [1.165, 1.54) is 22.8 Å². The molecule has 0 spiro atoms. The summed E-state index contributed by atoms with van der Waals surface area (Å²) in [6.45, 7) is 13.9. The normalized spacial score (nSPS) is 14.3. The summed E-state index contributed by atoms with van der Waals surface area (Å²) in [6, 6.07) is 13.5. The lowest BCUT2D eigenvalue weighted by Gasteiger charge is -2.23. The fourth-order valence-corrected chi connectivity index (χ4v) is 4.31. The highest BCUT2D eigenvalue weighted by Gasteiger charge is 2.23. The van der Waals surface area contributed by atoms with Gasteiger partial charge >= 0.3 is 0 Å². The van der Waals surface area contributed by atoms with Crippen molar-refractivity contribution in [2.24, 2.45) is 0 Å². The number of amides is 1. The molecule has 3 rings (SSSR count). The molecule has 1 aliphatic rings. The first-order valence-electron chi connectivity index (χ1n) is 12.5. The molecule has 2 nitrogen and oxygen atoms in total. The van der Waals surface area contributed by atoms with Crippen LogP contribution in [0.4, 0.5) is 4.39 Å². The molecule has 0 aromatic heterocycles. The van der Waals surface area contributed by atoms with Crippen molar-refractivity contribution in [2.45, 2.75) is 73.6 Å². The van der Waals surface area contributed by atoms with Crippen molar-refractivity contribution in [1.29, 1.82) is 0 Å². The summed E-state index contributed by atoms with van der Waals surface area (Å²) in [6.07, 6.45) is 6.17. The van der Waals surface area contributed by atoms with E-state index < -0.39 is 0 Å². The number of carbonyl (C=O) groups excluding carboxylic acids is 1. The van der Waals surface area contributed by atoms with Crippen LogP contribution in [-0.4, -0.2) is 23.9 Å². The molecule has 0 N–H and O–H groups in total. The third-order valence-electron chi connectivity index (χ3n) is 6.02. The van der Waals surface area contributed by atoms with Crippen LogP contribution < -0.4 is 0 Å². The van der Waals surface area contributed by atoms with Crippen molar-refractivity contribution in [3.63, 3.8) is 0 Å². The second kappa shape index (κ2) is 13.1. The van der Waals surface area contributed by atoms with Crippen LogP contribution >= 0.6 is 0 Å². The molecule has 0 saturated heterocycles. The lowest BCUT2D eigenvalue weighted by molar-refractivity contribution is -0.130. The van der Waals surface area contributed by atoms with Gasteiger partial charge in [-0.2, -0.15) is 0 Å². The molecule has 1 amide bonds. The van der Waals surface area contributed by atoms with Crippen LogP contribution in [0.3, 0.4) is 0 Å². The number of rotatable bonds is 7. The van der Waals surface area contributed by atoms with Gasteiger partial charge in [0.25, 0.3) is 0 Å². The maximum atomic E-state index is 14.3. The molecule has 33 heavy (non-hydrogen) atoms. The summed E-state index contributed by atoms with van der Waals surface area (Å²) in [5.74, 6) is -0.119. The van der Waals surface area contributed by atoms with Crippen molar-refractivity contribution in [1.82, 2.24) is 4.90 Å². The average Bonchev–Trinajstić information content (AvgIpc) is 2.93. The Labute approximate surface area is 200 Å². The molecule has 0 saturated carbocycles. The third kappa shape index (κ3) is 7.15. The smallest absolute Gasteiger partial charge is 0.227 e. The first kappa shape index (κ1) is 26.6. The number of benzene rings is 2. The van der Waals surface area contributed by atoms with Crippen LogP contribution in [0.1, 0.15) is 89.0 Å². The number of allylic oxidation sites excluding steroid dienone is 2. The minimum absolute atomic E-state index is 0.138. The highest BCUT2D eigenvalue weighted by atomic mass is 19.1. The minimum Gasteiger partial charge on any atom is -0.342 e. The Morgan fingerprint density at radius 2 is 1.58 bits per heavy atom. The highest BCUT2D eigenvalue weighted by molar-refractivity contribution is 5.95. The van der Waals surface area contributed by atoms with Crippen molar-refractivity contribution in [3.05, 3.63) is 76.1 Å². The summed E-state index contributed by atoms with van der Waals surface area (Å²) < 4.78 is 14.3. The van der Waals surface area contributed by atoms with Crippen LogP contribution in [-0.2, 0) is 4.79 Å². The molecular weight excluding hydrogens is 409 g/mol. The van der Waals surface area contributed by atoms with E-state index in [-0.39, 0.29) is 11.7 Å². The van der Waals surface area contributed by atoms with Gasteiger partial charge in [-0.15, -0.1) is 0 Å². The summed E-state index contributed by atoms with van der Waals surface area (Å²) in [5, 5.41) is 0. The largest absolute Gasteiger partial charge is 0.342 e. The van der Waals surface area contributed by atoms with Gasteiger partial charge in [0.05, 0.1) is 6.42 Å². The predicted molar refractivity (Wildman–Crippen MR) is 140 cm³/mol. The number of nitrogens with zero attached hydrogens (tertiary/aromatic N) is 1. The second-order valence-electron chi connectivity index (χ2n) is 8.59. The Bertz CT molecular complexity index is 979. The molecule has 2 aromatic carbocycles. The van der Waals surface area contributed by atoms with Gasteiger partial charge in [-0.1, -0.05) is 75.2 Å². The highest BCUT2D eigenvalue weighted by Crippen LogP contribution is 2.39. The van der Waals surface area contributed by atoms with Crippen molar-refractivity contribution < 1.29 is 9.18 Å². The summed E-state index contributed by atoms with van der Waals surface area (Å²) >= 11 is 0. The molecule has 1 aliphatic carbocycles. The van der Waals surface area contributed by atoms with E-state index in [1.54, 1.807) is 6.07 Å². The summed E-state index contributed by atoms with van der Waals surface area (Å²) in [5.41, 5.74) is 7.65. The zero-order valence-electron chi connectivity index (χ0n) is 21.3. The van der Waals surface area contributed by atoms with Crippen LogP contribution in [0.25, 0.3) is 17.2 Å². The van der Waals surface area contributed by atoms with E-state index in [9.17, 15) is 9.18 Å². The predicted octanol–water partition coefficient (Wildman–Crippen LogP) is 8.31. The molecule has 0 atom stereocenters. The van der Waals surface area contributed by atoms with Gasteiger partial charge in [0.2, 0.25) is 5.91 Å². The fraction of sp³-hybridized carbons (Fsp3) is 0.433. The molecule has 0 bridgehead atoms. The number of aryl methyl sites for hydroxylation is 1. The van der Waals surface area contributed by atoms with E-state index >= 15 is 0 Å². The van der Waals surface area contributed by atoms with Crippen molar-refractivity contribution in [3.8, 4) is 0 Å². The van der Waals surface area contributed by atoms with Gasteiger partial charge in [0.15, 0.2) is 0 Å². The first-order chi connectivity index (χ1) is 15.9. The van der Waals surface area contributed by atoms with Gasteiger partial charge < -0.3 is 4.90 Å². The van der Waals surface area contributed by atoms with Crippen LogP contribution in [0.15, 0.2) is 48.0 Å². The van der Waals surface area contributed by atoms with Crippen LogP contribution in [0.2, 0.25) is 0 Å². The van der Waals surface area contributed by atoms with Gasteiger partial charge in [0, 0.05) is 13.1 Å². The van der Waals surface area contributed by atoms with Crippen LogP contribution in [0, 0.1) is 12.7 Å². The molecular formula is C30H40FNO. The van der Waals surface area contributed by atoms with Gasteiger partial charge in [-0.05, 0) is 79.5 Å². The van der Waals surface area contributed by atoms with Crippen molar-refractivity contribution >= 4 is 23.1 Å². The Hall–Kier alpha value is -2.68. The number of hydrogen-bond donors (Lipinski definition) is 0. The maximum Gasteiger partial charge on any atom is 0.227 e. The topological polar surface area (TPSA) is 20.3 Å². The van der Waals surface area contributed by atoms with Crippen LogP contribution in [0.5, 0.6) is 0 Å². The Balaban J connectivity index is 0.00000187. The molecule has 0 aliphatic heterocycles. The molecule has 0 fully saturated rings. The quantitative estimate of drug-likeness (QED) is 0.416. The molecule has 0 radical (unpaired) electrons. The summed E-state index contributed by atoms with van der Waals surface area (Å²) in [4.78, 5) is 15.1. The number of fused-ring (bicyclic) bond motifs is 1. The van der Waals surface area contributed by atoms with E-state index in [1.807, 2.05) is 24.8 Å². The summed E-state index contributed by atoms with van der Waals surface area (Å²) in [7, 11) is 0. The van der Waals surface area contributed by atoms with Crippen molar-refractivity contribution in [2.75, 3.05) is 13.1 Å². The van der Waals surface area contributed by atoms with Gasteiger partial charge in [-0.25, -0.2) is 4.39 Å². The maximum absolute atomic E-state index is 14.3. The lowest BCUT2D eigenvalue weighted by Crippen LogP contribution is -2.32. The van der Waals surface area contributed by atoms with E-state index in [0.29, 0.717) is 6.42 Å². The molecule has 0 heterocycles. The van der Waals surface area contributed by atoms with Gasteiger partial charge in [0.1, 0.15) is 5.82 Å². The Kier molecular flexibility index (Phi) is 10.6. The third-order valence-corrected chi connectivity index (χ3v) is 6.02. The number of halogens is 1. The van der Waals surface area contributed by atoms with Gasteiger partial charge in [-0.3, -0.25) is 4.79 Å². The second-order valence-corrected chi connectivity index (χ2v) is 8.59. The lowest BCUT2D eigenvalue weighted by atomic mass is 9.91. The SMILES string of the molecule is CC.CCCN(CCC)C(=O)CC1=C(C)CC/C(=C/c2ccc(C)cc2)c2ccc(F)cc21. The standard InChI is InChI=1S/C28H34FNO.C2H6/c1-5-15-30(16-6-2)28(31)19-26-21(4)9-12-23(17-22-10-7-20(3)8-11-22)25-14-13-24(29)18-27(25)26;1-2/h7-8,10-11,13-14,17-18H,5-6,9,12,15-16,19H2,1-4H3;1-2H3/b23-17-;. The van der Waals surface area contributed by atoms with E-state index in [2.05, 4.69) is 58.0 Å². The average molecular weight is 450 g/mol. The molecule has 2 aromatic rings. The minimum atomic E-state index is -0.257. The molecule has 178 valence electrons. The monoisotopic (exact) mass is 449 g/mol.